The van der Waals surface area contributed by atoms with E-state index in [1.807, 2.05) is 4.90 Å². The van der Waals surface area contributed by atoms with Crippen molar-refractivity contribution in [1.82, 2.24) is 10.2 Å². The van der Waals surface area contributed by atoms with Gasteiger partial charge in [0.15, 0.2) is 0 Å². The molecule has 5 aliphatic rings. The molecule has 1 aliphatic heterocycles. The molecule has 2 atom stereocenters. The summed E-state index contributed by atoms with van der Waals surface area (Å²) in [7, 11) is 0. The lowest BCUT2D eigenvalue weighted by molar-refractivity contribution is -0.114. The topological polar surface area (TPSA) is 49.4 Å². The van der Waals surface area contributed by atoms with E-state index in [1.54, 1.807) is 0 Å². The molecule has 5 fully saturated rings. The Labute approximate surface area is 204 Å². The summed E-state index contributed by atoms with van der Waals surface area (Å²) in [6, 6.07) is 4.22. The lowest BCUT2D eigenvalue weighted by atomic mass is 9.53. The van der Waals surface area contributed by atoms with Gasteiger partial charge in [-0.15, -0.1) is 12.6 Å². The van der Waals surface area contributed by atoms with E-state index in [2.05, 4.69) is 50.8 Å². The average Bonchev–Trinajstić information content (AvgIpc) is 3.17. The van der Waals surface area contributed by atoms with E-state index >= 15 is 0 Å². The van der Waals surface area contributed by atoms with Crippen molar-refractivity contribution in [3.63, 3.8) is 0 Å². The Hall–Kier alpha value is -1.49. The molecule has 2 amide bonds. The third kappa shape index (κ3) is 4.47. The highest BCUT2D eigenvalue weighted by atomic mass is 32.1. The van der Waals surface area contributed by atoms with Gasteiger partial charge in [0, 0.05) is 11.6 Å². The van der Waals surface area contributed by atoms with Crippen molar-refractivity contribution in [3.05, 3.63) is 34.4 Å². The predicted molar refractivity (Wildman–Crippen MR) is 136 cm³/mol. The van der Waals surface area contributed by atoms with Crippen LogP contribution in [0.5, 0.6) is 0 Å². The molecular formula is C28H40N2O2S. The van der Waals surface area contributed by atoms with E-state index in [0.29, 0.717) is 0 Å². The molecule has 1 N–H and O–H groups in total. The summed E-state index contributed by atoms with van der Waals surface area (Å²) in [6.45, 7) is 6.58. The molecule has 33 heavy (non-hydrogen) atoms. The van der Waals surface area contributed by atoms with Crippen LogP contribution in [0.1, 0.15) is 86.5 Å². The van der Waals surface area contributed by atoms with E-state index in [0.717, 1.165) is 69.1 Å². The maximum atomic E-state index is 13.7. The van der Waals surface area contributed by atoms with Gasteiger partial charge < -0.3 is 10.2 Å². The van der Waals surface area contributed by atoms with Gasteiger partial charge in [0.05, 0.1) is 0 Å². The monoisotopic (exact) mass is 468 g/mol. The Morgan fingerprint density at radius 3 is 2.24 bits per heavy atom. The number of carbonyl (C=O) groups is 2. The fourth-order valence-corrected chi connectivity index (χ4v) is 8.34. The Morgan fingerprint density at radius 1 is 1.00 bits per heavy atom. The van der Waals surface area contributed by atoms with Crippen LogP contribution in [0.4, 0.5) is 4.79 Å². The van der Waals surface area contributed by atoms with Crippen molar-refractivity contribution >= 4 is 23.8 Å². The van der Waals surface area contributed by atoms with E-state index in [1.165, 1.54) is 41.5 Å². The molecule has 0 spiro atoms. The highest BCUT2D eigenvalue weighted by Gasteiger charge is 2.52. The number of amides is 2. The van der Waals surface area contributed by atoms with Crippen LogP contribution in [0.3, 0.4) is 0 Å². The number of rotatable bonds is 6. The second kappa shape index (κ2) is 8.94. The fourth-order valence-electron chi connectivity index (χ4n) is 8.08. The molecule has 4 saturated carbocycles. The first-order valence-electron chi connectivity index (χ1n) is 13.1. The van der Waals surface area contributed by atoms with Crippen LogP contribution in [0.25, 0.3) is 0 Å². The third-order valence-electron chi connectivity index (χ3n) is 9.59. The van der Waals surface area contributed by atoms with Gasteiger partial charge >= 0.3 is 6.03 Å². The summed E-state index contributed by atoms with van der Waals surface area (Å²) in [6.07, 6.45) is 12.1. The number of carbonyl (C=O) groups excluding carboxylic acids is 2. The van der Waals surface area contributed by atoms with Crippen LogP contribution >= 0.6 is 12.6 Å². The fraction of sp³-hybridized carbons (Fsp3) is 0.714. The van der Waals surface area contributed by atoms with Crippen molar-refractivity contribution in [3.8, 4) is 0 Å². The number of hydrogen-bond acceptors (Lipinski definition) is 2. The van der Waals surface area contributed by atoms with Gasteiger partial charge in [-0.25, -0.2) is 4.79 Å². The lowest BCUT2D eigenvalue weighted by Crippen LogP contribution is -2.63. The maximum absolute atomic E-state index is 13.7. The summed E-state index contributed by atoms with van der Waals surface area (Å²) in [5.41, 5.74) is 5.49. The molecule has 4 nitrogen and oxygen atoms in total. The first-order valence-corrected chi connectivity index (χ1v) is 13.6. The summed E-state index contributed by atoms with van der Waals surface area (Å²) in [5, 5.41) is 3.35. The van der Waals surface area contributed by atoms with Gasteiger partial charge in [0.2, 0.25) is 5.12 Å². The molecule has 2 unspecified atom stereocenters. The number of benzene rings is 1. The second-order valence-corrected chi connectivity index (χ2v) is 12.2. The summed E-state index contributed by atoms with van der Waals surface area (Å²) in [4.78, 5) is 27.9. The van der Waals surface area contributed by atoms with Crippen molar-refractivity contribution in [2.24, 2.45) is 17.8 Å². The number of thiol groups is 1. The van der Waals surface area contributed by atoms with Gasteiger partial charge in [-0.2, -0.15) is 0 Å². The van der Waals surface area contributed by atoms with Crippen molar-refractivity contribution in [2.45, 2.75) is 109 Å². The molecule has 6 rings (SSSR count). The number of likely N-dealkylation sites (tertiary alicyclic amines) is 1. The first-order chi connectivity index (χ1) is 15.7. The molecule has 1 heterocycles. The van der Waals surface area contributed by atoms with Crippen LogP contribution in [-0.4, -0.2) is 33.7 Å². The minimum atomic E-state index is -0.379. The summed E-state index contributed by atoms with van der Waals surface area (Å²) >= 11 is 4.17. The average molecular weight is 469 g/mol. The first kappa shape index (κ1) is 23.3. The minimum Gasteiger partial charge on any atom is -0.332 e. The van der Waals surface area contributed by atoms with Crippen LogP contribution in [-0.2, 0) is 11.2 Å². The van der Waals surface area contributed by atoms with Gasteiger partial charge in [-0.1, -0.05) is 12.1 Å². The molecule has 180 valence electrons. The van der Waals surface area contributed by atoms with Gasteiger partial charge in [0.25, 0.3) is 0 Å². The number of urea groups is 1. The van der Waals surface area contributed by atoms with Crippen LogP contribution < -0.4 is 5.32 Å². The number of aryl methyl sites for hydroxylation is 2. The Morgan fingerprint density at radius 2 is 1.64 bits per heavy atom. The zero-order valence-electron chi connectivity index (χ0n) is 20.5. The Balaban J connectivity index is 1.25. The molecular weight excluding hydrogens is 428 g/mol. The number of nitrogens with one attached hydrogen (secondary N) is 1. The normalized spacial score (nSPS) is 34.7. The molecule has 0 radical (unpaired) electrons. The molecule has 5 heteroatoms. The number of nitrogens with zero attached hydrogens (tertiary/aromatic N) is 1. The third-order valence-corrected chi connectivity index (χ3v) is 9.88. The van der Waals surface area contributed by atoms with E-state index in [4.69, 9.17) is 0 Å². The largest absolute Gasteiger partial charge is 0.332 e. The van der Waals surface area contributed by atoms with Crippen LogP contribution in [0, 0.1) is 38.5 Å². The zero-order valence-corrected chi connectivity index (χ0v) is 21.4. The molecule has 1 aromatic carbocycles. The Kier molecular flexibility index (Phi) is 6.30. The summed E-state index contributed by atoms with van der Waals surface area (Å²) in [5.74, 6) is 2.36. The van der Waals surface area contributed by atoms with Gasteiger partial charge in [0.1, 0.15) is 6.04 Å². The van der Waals surface area contributed by atoms with Crippen molar-refractivity contribution in [1.29, 1.82) is 0 Å². The quantitative estimate of drug-likeness (QED) is 0.511. The molecule has 0 aromatic heterocycles. The predicted octanol–water partition coefficient (Wildman–Crippen LogP) is 5.90. The highest BCUT2D eigenvalue weighted by Crippen LogP contribution is 2.55. The smallest absolute Gasteiger partial charge is 0.318 e. The maximum Gasteiger partial charge on any atom is 0.318 e. The van der Waals surface area contributed by atoms with E-state index in [-0.39, 0.29) is 28.8 Å². The highest BCUT2D eigenvalue weighted by molar-refractivity contribution is 7.96. The second-order valence-electron chi connectivity index (χ2n) is 11.8. The molecule has 4 aliphatic carbocycles. The summed E-state index contributed by atoms with van der Waals surface area (Å²) < 4.78 is 0. The van der Waals surface area contributed by atoms with Crippen molar-refractivity contribution < 1.29 is 9.59 Å². The van der Waals surface area contributed by atoms with Gasteiger partial charge in [-0.3, -0.25) is 4.79 Å². The lowest BCUT2D eigenvalue weighted by Gasteiger charge is -2.57. The van der Waals surface area contributed by atoms with Gasteiger partial charge in [-0.05, 0) is 131 Å². The van der Waals surface area contributed by atoms with Crippen LogP contribution in [0.15, 0.2) is 12.1 Å². The van der Waals surface area contributed by atoms with Crippen LogP contribution in [0.2, 0.25) is 0 Å². The SMILES string of the molecule is Cc1ccc(CCCC2CCC(C(=O)S)N2C(=O)NC23CC4CC(CC(C4)C2)C3)c(C)c1C. The Bertz CT molecular complexity index is 907. The molecule has 4 bridgehead atoms. The van der Waals surface area contributed by atoms with E-state index < -0.39 is 0 Å². The number of hydrogen-bond donors (Lipinski definition) is 2. The molecule has 1 aromatic rings. The van der Waals surface area contributed by atoms with Crippen molar-refractivity contribution in [2.75, 3.05) is 0 Å². The zero-order chi connectivity index (χ0) is 23.3. The van der Waals surface area contributed by atoms with E-state index in [9.17, 15) is 9.59 Å². The minimum absolute atomic E-state index is 0.00536. The standard InChI is InChI=1S/C28H40N2O2S/c1-17-7-8-23(19(3)18(17)2)5-4-6-24-9-10-25(26(31)33)30(24)27(32)29-28-14-20-11-21(15-28)13-22(12-20)16-28/h7-8,20-22,24-25H,4-6,9-16H2,1-3H3,(H,29,32)(H,31,33). The molecule has 1 saturated heterocycles.